The van der Waals surface area contributed by atoms with Gasteiger partial charge in [-0.05, 0) is 55.7 Å². The lowest BCUT2D eigenvalue weighted by atomic mass is 9.80. The minimum atomic E-state index is -3.99. The number of likely N-dealkylation sites (tertiary alicyclic amines) is 1. The van der Waals surface area contributed by atoms with Crippen molar-refractivity contribution in [3.63, 3.8) is 0 Å². The number of carbonyl (C=O) groups excluding carboxylic acids is 5. The molecule has 10 heteroatoms. The Kier molecular flexibility index (Phi) is 3.88. The van der Waals surface area contributed by atoms with Crippen molar-refractivity contribution in [1.82, 2.24) is 20.9 Å². The molecule has 5 N–H and O–H groups in total. The molecule has 3 aliphatic rings. The van der Waals surface area contributed by atoms with Crippen LogP contribution in [0.1, 0.15) is 101 Å². The zero-order chi connectivity index (χ0) is 41.2. The zero-order valence-corrected chi connectivity index (χ0v) is 21.7. The molecule has 3 rings (SSSR count). The Bertz CT molecular complexity index is 1500. The van der Waals surface area contributed by atoms with Crippen molar-refractivity contribution < 1.29 is 44.5 Å². The van der Waals surface area contributed by atoms with Gasteiger partial charge >= 0.3 is 6.03 Å². The van der Waals surface area contributed by atoms with Crippen LogP contribution in [0.2, 0.25) is 0 Å². The summed E-state index contributed by atoms with van der Waals surface area (Å²) in [6.07, 6.45) is -14.9. The molecule has 0 aromatic carbocycles. The zero-order valence-electron chi connectivity index (χ0n) is 36.7. The third kappa shape index (κ3) is 6.26. The number of rotatable bonds is 8. The van der Waals surface area contributed by atoms with Crippen LogP contribution in [0.5, 0.6) is 0 Å². The van der Waals surface area contributed by atoms with E-state index in [9.17, 15) is 24.0 Å². The third-order valence-electron chi connectivity index (χ3n) is 6.39. The Balaban J connectivity index is 2.21. The smallest absolute Gasteiger partial charge is 0.315 e. The van der Waals surface area contributed by atoms with Gasteiger partial charge in [0.15, 0.2) is 0 Å². The predicted octanol–water partition coefficient (Wildman–Crippen LogP) is 1.71. The number of piperidine rings is 1. The van der Waals surface area contributed by atoms with Crippen LogP contribution < -0.4 is 21.7 Å². The van der Waals surface area contributed by atoms with E-state index in [-0.39, 0.29) is 0 Å². The normalized spacial score (nSPS) is 38.3. The number of ketones is 1. The molecule has 1 saturated heterocycles. The molecule has 3 fully saturated rings. The van der Waals surface area contributed by atoms with Crippen LogP contribution in [0.3, 0.4) is 0 Å². The highest BCUT2D eigenvalue weighted by Gasteiger charge is 2.70. The van der Waals surface area contributed by atoms with Crippen molar-refractivity contribution in [2.75, 3.05) is 6.54 Å². The van der Waals surface area contributed by atoms with Crippen molar-refractivity contribution in [3.05, 3.63) is 0 Å². The highest BCUT2D eigenvalue weighted by Crippen LogP contribution is 2.65. The number of urea groups is 1. The summed E-state index contributed by atoms with van der Waals surface area (Å²) in [5, 5.41) is 6.90. The molecule has 1 heterocycles. The number of nitrogens with zero attached hydrogens (tertiary/aromatic N) is 1. The molecule has 0 aromatic rings. The molecule has 1 aliphatic heterocycles. The van der Waals surface area contributed by atoms with Gasteiger partial charge in [0.25, 0.3) is 5.91 Å². The van der Waals surface area contributed by atoms with Gasteiger partial charge in [0.05, 0.1) is 6.04 Å². The molecule has 0 unspecified atom stereocenters. The van der Waals surface area contributed by atoms with E-state index in [0.717, 1.165) is 4.90 Å². The molecule has 5 atom stereocenters. The maximum atomic E-state index is 14.3. The van der Waals surface area contributed by atoms with Crippen LogP contribution in [-0.4, -0.2) is 64.6 Å². The number of Topliss-reactive ketones (excluding diaryl/α,β-unsaturated/α-hetero) is 1. The molecule has 0 aromatic heterocycles. The van der Waals surface area contributed by atoms with Gasteiger partial charge in [-0.1, -0.05) is 53.6 Å². The van der Waals surface area contributed by atoms with Crippen molar-refractivity contribution in [2.24, 2.45) is 34.3 Å². The number of carbonyl (C=O) groups is 5. The average molecular weight is 535 g/mol. The molecule has 0 radical (unpaired) electrons. The van der Waals surface area contributed by atoms with E-state index >= 15 is 0 Å². The highest BCUT2D eigenvalue weighted by atomic mass is 16.2. The summed E-state index contributed by atoms with van der Waals surface area (Å²) in [6.45, 7) is 2.29. The molecule has 37 heavy (non-hydrogen) atoms. The van der Waals surface area contributed by atoms with E-state index in [0.29, 0.717) is 0 Å². The summed E-state index contributed by atoms with van der Waals surface area (Å²) in [6, 6.07) is -7.48. The molecule has 5 amide bonds. The Morgan fingerprint density at radius 2 is 1.76 bits per heavy atom. The van der Waals surface area contributed by atoms with E-state index < -0.39 is 128 Å². The largest absolute Gasteiger partial charge is 0.363 e. The van der Waals surface area contributed by atoms with Gasteiger partial charge in [0.2, 0.25) is 17.6 Å². The average Bonchev–Trinajstić information content (AvgIpc) is 3.45. The lowest BCUT2D eigenvalue weighted by molar-refractivity contribution is -0.145. The number of nitrogens with two attached hydrogens (primary N) is 1. The number of hydrogen-bond acceptors (Lipinski definition) is 5. The number of primary amides is 1. The molecule has 0 spiro atoms. The molecule has 2 saturated carbocycles. The fourth-order valence-electron chi connectivity index (χ4n) is 4.47. The minimum Gasteiger partial charge on any atom is -0.363 e. The summed E-state index contributed by atoms with van der Waals surface area (Å²) in [7, 11) is 0. The summed E-state index contributed by atoms with van der Waals surface area (Å²) < 4.78 is 123. The van der Waals surface area contributed by atoms with Crippen LogP contribution >= 0.6 is 0 Å². The second-order valence-corrected chi connectivity index (χ2v) is 11.6. The van der Waals surface area contributed by atoms with Crippen molar-refractivity contribution >= 4 is 29.5 Å². The van der Waals surface area contributed by atoms with Gasteiger partial charge in [0.1, 0.15) is 12.1 Å². The first-order valence-electron chi connectivity index (χ1n) is 19.3. The minimum absolute atomic E-state index is 0.692. The third-order valence-corrected chi connectivity index (χ3v) is 6.39. The monoisotopic (exact) mass is 534 g/mol. The van der Waals surface area contributed by atoms with Gasteiger partial charge in [-0.15, -0.1) is 0 Å². The first kappa shape index (κ1) is 14.5. The Morgan fingerprint density at radius 1 is 1.14 bits per heavy atom. The van der Waals surface area contributed by atoms with Crippen LogP contribution in [0.15, 0.2) is 0 Å². The fourth-order valence-corrected chi connectivity index (χ4v) is 4.47. The van der Waals surface area contributed by atoms with Gasteiger partial charge in [0, 0.05) is 32.6 Å². The van der Waals surface area contributed by atoms with Crippen LogP contribution in [0.25, 0.3) is 0 Å². The summed E-state index contributed by atoms with van der Waals surface area (Å²) in [4.78, 5) is 67.6. The lowest BCUT2D eigenvalue weighted by Gasteiger charge is -2.38. The van der Waals surface area contributed by atoms with E-state index in [1.807, 2.05) is 0 Å². The van der Waals surface area contributed by atoms with Crippen LogP contribution in [0.4, 0.5) is 4.79 Å². The first-order chi connectivity index (χ1) is 22.7. The van der Waals surface area contributed by atoms with Gasteiger partial charge in [-0.25, -0.2) is 4.79 Å². The Morgan fingerprint density at radius 3 is 2.27 bits per heavy atom. The topological polar surface area (TPSA) is 151 Å². The van der Waals surface area contributed by atoms with Gasteiger partial charge in [-0.3, -0.25) is 19.2 Å². The van der Waals surface area contributed by atoms with E-state index in [2.05, 4.69) is 10.6 Å². The molecule has 208 valence electrons. The van der Waals surface area contributed by atoms with Crippen molar-refractivity contribution in [3.8, 4) is 0 Å². The van der Waals surface area contributed by atoms with E-state index in [4.69, 9.17) is 26.3 Å². The number of hydrogen-bond donors (Lipinski definition) is 4. The highest BCUT2D eigenvalue weighted by molar-refractivity contribution is 6.37. The standard InChI is InChI=1S/C27H45N5O5/c1-25(2,3)20(30-24(37)31-26(4,5)6)23(36)32-13-15-17(27(15,7)8)18(32)22(35)29-16(19(33)21(28)34)12-14-10-9-11-14/h14-18,20H,9-13H2,1-8H3,(H2,28,34)(H,29,35)(H2,30,31,37)/t15-,16-,17-,18-,20+/m0/s1/i7D3,8D3,9D2,10D2,11D2,12D2,14D. The van der Waals surface area contributed by atoms with Crippen molar-refractivity contribution in [1.29, 1.82) is 0 Å². The second kappa shape index (κ2) is 9.91. The Labute approximate surface area is 241 Å². The second-order valence-electron chi connectivity index (χ2n) is 11.6. The van der Waals surface area contributed by atoms with E-state index in [1.165, 1.54) is 20.8 Å². The van der Waals surface area contributed by atoms with Crippen LogP contribution in [0, 0.1) is 28.6 Å². The van der Waals surface area contributed by atoms with Crippen molar-refractivity contribution in [2.45, 2.75) is 104 Å². The predicted molar refractivity (Wildman–Crippen MR) is 139 cm³/mol. The lowest BCUT2D eigenvalue weighted by Crippen LogP contribution is -2.62. The van der Waals surface area contributed by atoms with E-state index in [1.54, 1.807) is 26.1 Å². The maximum Gasteiger partial charge on any atom is 0.315 e. The van der Waals surface area contributed by atoms with Crippen LogP contribution in [-0.2, 0) is 19.2 Å². The first-order valence-corrected chi connectivity index (χ1v) is 11.8. The molecular formula is C27H45N5O5. The number of fused-ring (bicyclic) bond motifs is 1. The molecule has 10 nitrogen and oxygen atoms in total. The number of amides is 5. The summed E-state index contributed by atoms with van der Waals surface area (Å²) in [5.74, 6) is -13.6. The molecule has 0 bridgehead atoms. The quantitative estimate of drug-likeness (QED) is 0.350. The maximum absolute atomic E-state index is 14.3. The summed E-state index contributed by atoms with van der Waals surface area (Å²) >= 11 is 0. The molecule has 2 aliphatic carbocycles. The molecular weight excluding hydrogens is 474 g/mol. The van der Waals surface area contributed by atoms with Gasteiger partial charge in [-0.2, -0.15) is 0 Å². The Hall–Kier alpha value is -2.65. The fraction of sp³-hybridized carbons (Fsp3) is 0.815. The number of nitrogens with one attached hydrogen (secondary N) is 3. The SMILES string of the molecule is [2H]C([2H])([2H])C1(C([2H])([2H])[2H])[C@@H]2[C@@H](C(=O)N[C@H](C(=O)C(N)=O)C([2H])([2H])C3([2H])C([2H])([2H])C([2H])([2H])C3([2H])[2H])N(C(=O)[C@@H](NC(=O)NC(C)(C)C)C(C)(C)C)C[C@@H]21. The summed E-state index contributed by atoms with van der Waals surface area (Å²) in [5.41, 5.74) is 0.588. The van der Waals surface area contributed by atoms with Gasteiger partial charge < -0.3 is 26.6 Å².